The minimum absolute atomic E-state index is 0.628. The SMILES string of the molecule is c1ccc(-c2nc(-c3ccccc3)nc(-c3ccc(-c4cc(-c5cccc6oc7ccccc7c56)c5c6ccccc6n(-c6ccccc6)c5c4)cc3)n2)cc1. The first-order chi connectivity index (χ1) is 27.8. The van der Waals surface area contributed by atoms with Crippen LogP contribution in [0, 0.1) is 0 Å². The Kier molecular flexibility index (Phi) is 7.42. The molecule has 3 aromatic heterocycles. The first-order valence-corrected chi connectivity index (χ1v) is 18.8. The minimum Gasteiger partial charge on any atom is -0.456 e. The Balaban J connectivity index is 1.13. The predicted molar refractivity (Wildman–Crippen MR) is 229 cm³/mol. The summed E-state index contributed by atoms with van der Waals surface area (Å²) in [4.78, 5) is 14.8. The van der Waals surface area contributed by atoms with Gasteiger partial charge in [-0.3, -0.25) is 0 Å². The smallest absolute Gasteiger partial charge is 0.164 e. The molecule has 5 heteroatoms. The molecule has 8 aromatic carbocycles. The van der Waals surface area contributed by atoms with Crippen LogP contribution in [-0.2, 0) is 0 Å². The molecule has 11 rings (SSSR count). The summed E-state index contributed by atoms with van der Waals surface area (Å²) in [5.41, 5.74) is 12.5. The van der Waals surface area contributed by atoms with Gasteiger partial charge in [0.05, 0.1) is 11.0 Å². The zero-order valence-corrected chi connectivity index (χ0v) is 30.2. The predicted octanol–water partition coefficient (Wildman–Crippen LogP) is 13.2. The zero-order valence-electron chi connectivity index (χ0n) is 30.2. The van der Waals surface area contributed by atoms with E-state index in [4.69, 9.17) is 19.4 Å². The van der Waals surface area contributed by atoms with Crippen molar-refractivity contribution in [2.24, 2.45) is 0 Å². The van der Waals surface area contributed by atoms with E-state index in [9.17, 15) is 0 Å². The summed E-state index contributed by atoms with van der Waals surface area (Å²) in [5.74, 6) is 1.91. The molecule has 0 aliphatic rings. The molecular formula is C51H32N4O. The second-order valence-electron chi connectivity index (χ2n) is 14.0. The number of nitrogens with zero attached hydrogens (tertiary/aromatic N) is 4. The minimum atomic E-state index is 0.628. The molecule has 0 aliphatic carbocycles. The van der Waals surface area contributed by atoms with Crippen molar-refractivity contribution in [3.63, 3.8) is 0 Å². The third-order valence-corrected chi connectivity index (χ3v) is 10.7. The van der Waals surface area contributed by atoms with Gasteiger partial charge in [-0.1, -0.05) is 152 Å². The molecule has 262 valence electrons. The Morgan fingerprint density at radius 3 is 1.55 bits per heavy atom. The summed E-state index contributed by atoms with van der Waals surface area (Å²) >= 11 is 0. The van der Waals surface area contributed by atoms with Crippen molar-refractivity contribution < 1.29 is 4.42 Å². The Hall–Kier alpha value is -7.63. The van der Waals surface area contributed by atoms with Crippen LogP contribution in [0.5, 0.6) is 0 Å². The monoisotopic (exact) mass is 716 g/mol. The summed E-state index contributed by atoms with van der Waals surface area (Å²) in [6.45, 7) is 0. The lowest BCUT2D eigenvalue weighted by Gasteiger charge is -2.13. The molecule has 0 saturated carbocycles. The van der Waals surface area contributed by atoms with Crippen molar-refractivity contribution in [3.8, 4) is 62.1 Å². The number of para-hydroxylation sites is 3. The topological polar surface area (TPSA) is 56.7 Å². The van der Waals surface area contributed by atoms with Crippen molar-refractivity contribution in [3.05, 3.63) is 194 Å². The van der Waals surface area contributed by atoms with E-state index >= 15 is 0 Å². The van der Waals surface area contributed by atoms with E-state index in [1.807, 2.05) is 72.8 Å². The summed E-state index contributed by atoms with van der Waals surface area (Å²) < 4.78 is 8.80. The molecule has 56 heavy (non-hydrogen) atoms. The van der Waals surface area contributed by atoms with E-state index in [-0.39, 0.29) is 0 Å². The number of fused-ring (bicyclic) bond motifs is 6. The fraction of sp³-hybridized carbons (Fsp3) is 0. The van der Waals surface area contributed by atoms with Crippen molar-refractivity contribution >= 4 is 43.7 Å². The molecule has 0 bridgehead atoms. The fourth-order valence-corrected chi connectivity index (χ4v) is 8.08. The van der Waals surface area contributed by atoms with Gasteiger partial charge in [-0.05, 0) is 64.7 Å². The van der Waals surface area contributed by atoms with Crippen LogP contribution in [0.4, 0.5) is 0 Å². The number of hydrogen-bond acceptors (Lipinski definition) is 4. The van der Waals surface area contributed by atoms with Crippen LogP contribution in [0.1, 0.15) is 0 Å². The average Bonchev–Trinajstić information content (AvgIpc) is 3.83. The molecule has 0 fully saturated rings. The van der Waals surface area contributed by atoms with E-state index in [1.165, 1.54) is 10.8 Å². The van der Waals surface area contributed by atoms with Crippen LogP contribution in [-0.4, -0.2) is 19.5 Å². The third-order valence-electron chi connectivity index (χ3n) is 10.7. The normalized spacial score (nSPS) is 11.6. The van der Waals surface area contributed by atoms with Gasteiger partial charge in [0.2, 0.25) is 0 Å². The van der Waals surface area contributed by atoms with Crippen molar-refractivity contribution in [2.45, 2.75) is 0 Å². The number of hydrogen-bond donors (Lipinski definition) is 0. The summed E-state index contributed by atoms with van der Waals surface area (Å²) in [6.07, 6.45) is 0. The van der Waals surface area contributed by atoms with Crippen LogP contribution in [0.25, 0.3) is 106 Å². The van der Waals surface area contributed by atoms with Crippen LogP contribution in [0.3, 0.4) is 0 Å². The van der Waals surface area contributed by atoms with E-state index in [1.54, 1.807) is 0 Å². The third kappa shape index (κ3) is 5.29. The van der Waals surface area contributed by atoms with Crippen LogP contribution >= 0.6 is 0 Å². The van der Waals surface area contributed by atoms with Gasteiger partial charge in [-0.15, -0.1) is 0 Å². The number of furan rings is 1. The molecule has 11 aromatic rings. The molecule has 5 nitrogen and oxygen atoms in total. The first kappa shape index (κ1) is 31.9. The zero-order chi connectivity index (χ0) is 37.0. The lowest BCUT2D eigenvalue weighted by molar-refractivity contribution is 0.669. The first-order valence-electron chi connectivity index (χ1n) is 18.8. The van der Waals surface area contributed by atoms with Crippen LogP contribution < -0.4 is 0 Å². The molecule has 0 saturated heterocycles. The molecule has 0 atom stereocenters. The molecule has 0 aliphatic heterocycles. The highest BCUT2D eigenvalue weighted by molar-refractivity contribution is 6.21. The molecular weight excluding hydrogens is 685 g/mol. The Bertz CT molecular complexity index is 3160. The molecule has 0 N–H and O–H groups in total. The van der Waals surface area contributed by atoms with E-state index in [0.29, 0.717) is 17.5 Å². The van der Waals surface area contributed by atoms with Crippen LogP contribution in [0.15, 0.2) is 199 Å². The standard InChI is InChI=1S/C51H32N4O/c1-4-15-34(16-5-1)49-52-50(35-17-6-2-7-18-35)54-51(53-49)36-29-27-33(28-30-36)37-31-42(39-23-14-26-46-48(39)41-22-11-13-25-45(41)56-46)47-40-21-10-12-24-43(40)55(44(47)32-37)38-19-8-3-9-20-38/h1-32H. The van der Waals surface area contributed by atoms with E-state index in [2.05, 4.69) is 126 Å². The van der Waals surface area contributed by atoms with Gasteiger partial charge in [-0.25, -0.2) is 15.0 Å². The summed E-state index contributed by atoms with van der Waals surface area (Å²) in [7, 11) is 0. The van der Waals surface area contributed by atoms with Crippen molar-refractivity contribution in [2.75, 3.05) is 0 Å². The number of benzene rings is 8. The second-order valence-corrected chi connectivity index (χ2v) is 14.0. The van der Waals surface area contributed by atoms with Gasteiger partial charge in [-0.2, -0.15) is 0 Å². The van der Waals surface area contributed by atoms with Crippen molar-refractivity contribution in [1.29, 1.82) is 0 Å². The molecule has 3 heterocycles. The largest absolute Gasteiger partial charge is 0.456 e. The highest BCUT2D eigenvalue weighted by Gasteiger charge is 2.21. The van der Waals surface area contributed by atoms with Gasteiger partial charge in [0.15, 0.2) is 17.5 Å². The molecule has 0 radical (unpaired) electrons. The number of rotatable bonds is 6. The van der Waals surface area contributed by atoms with Gasteiger partial charge in [0.1, 0.15) is 11.2 Å². The second kappa shape index (κ2) is 13.0. The molecule has 0 amide bonds. The Morgan fingerprint density at radius 1 is 0.339 bits per heavy atom. The molecule has 0 spiro atoms. The highest BCUT2D eigenvalue weighted by atomic mass is 16.3. The van der Waals surface area contributed by atoms with Gasteiger partial charge < -0.3 is 8.98 Å². The maximum atomic E-state index is 6.41. The fourth-order valence-electron chi connectivity index (χ4n) is 8.08. The number of aromatic nitrogens is 4. The maximum absolute atomic E-state index is 6.41. The van der Waals surface area contributed by atoms with Gasteiger partial charge >= 0.3 is 0 Å². The lowest BCUT2D eigenvalue weighted by atomic mass is 9.91. The lowest BCUT2D eigenvalue weighted by Crippen LogP contribution is -2.00. The molecule has 0 unspecified atom stereocenters. The Morgan fingerprint density at radius 2 is 0.875 bits per heavy atom. The highest BCUT2D eigenvalue weighted by Crippen LogP contribution is 2.45. The van der Waals surface area contributed by atoms with Gasteiger partial charge in [0.25, 0.3) is 0 Å². The average molecular weight is 717 g/mol. The summed E-state index contributed by atoms with van der Waals surface area (Å²) in [5, 5.41) is 4.63. The maximum Gasteiger partial charge on any atom is 0.164 e. The quantitative estimate of drug-likeness (QED) is 0.172. The van der Waals surface area contributed by atoms with E-state index in [0.717, 1.165) is 77.6 Å². The van der Waals surface area contributed by atoms with E-state index < -0.39 is 0 Å². The van der Waals surface area contributed by atoms with Crippen molar-refractivity contribution in [1.82, 2.24) is 19.5 Å². The van der Waals surface area contributed by atoms with Crippen LogP contribution in [0.2, 0.25) is 0 Å². The Labute approximate surface area is 322 Å². The van der Waals surface area contributed by atoms with Gasteiger partial charge in [0, 0.05) is 43.9 Å². The summed E-state index contributed by atoms with van der Waals surface area (Å²) in [6, 6.07) is 67.5.